The van der Waals surface area contributed by atoms with E-state index in [9.17, 15) is 4.79 Å². The van der Waals surface area contributed by atoms with Crippen molar-refractivity contribution in [3.8, 4) is 0 Å². The number of aromatic nitrogens is 1. The number of anilines is 1. The number of carbonyl (C=O) groups is 1. The molecule has 0 aliphatic heterocycles. The highest BCUT2D eigenvalue weighted by molar-refractivity contribution is 6.04. The van der Waals surface area contributed by atoms with Crippen LogP contribution in [0.5, 0.6) is 0 Å². The molecule has 1 amide bonds. The first-order valence-corrected chi connectivity index (χ1v) is 8.69. The Morgan fingerprint density at radius 3 is 2.88 bits per heavy atom. The Hall–Kier alpha value is -2.14. The van der Waals surface area contributed by atoms with E-state index >= 15 is 0 Å². The van der Waals surface area contributed by atoms with E-state index < -0.39 is 0 Å². The Balaban J connectivity index is 1.42. The van der Waals surface area contributed by atoms with E-state index in [2.05, 4.69) is 21.9 Å². The van der Waals surface area contributed by atoms with Crippen LogP contribution in [0.15, 0.2) is 28.8 Å². The van der Waals surface area contributed by atoms with Crippen molar-refractivity contribution < 1.29 is 9.32 Å². The molecule has 2 atom stereocenters. The molecule has 126 valence electrons. The number of benzene rings is 1. The quantitative estimate of drug-likeness (QED) is 0.854. The van der Waals surface area contributed by atoms with E-state index in [0.29, 0.717) is 34.7 Å². The highest BCUT2D eigenvalue weighted by Crippen LogP contribution is 2.41. The van der Waals surface area contributed by atoms with Crippen molar-refractivity contribution in [1.82, 2.24) is 10.5 Å². The molecule has 1 aromatic heterocycles. The van der Waals surface area contributed by atoms with Crippen molar-refractivity contribution in [3.63, 3.8) is 0 Å². The van der Waals surface area contributed by atoms with Gasteiger partial charge in [-0.2, -0.15) is 0 Å². The Morgan fingerprint density at radius 2 is 2.17 bits per heavy atom. The van der Waals surface area contributed by atoms with E-state index in [1.165, 1.54) is 24.8 Å². The first-order valence-electron chi connectivity index (χ1n) is 8.69. The van der Waals surface area contributed by atoms with Gasteiger partial charge in [-0.3, -0.25) is 4.79 Å². The molecule has 24 heavy (non-hydrogen) atoms. The first-order chi connectivity index (χ1) is 11.6. The molecule has 4 rings (SSSR count). The average molecular weight is 325 g/mol. The van der Waals surface area contributed by atoms with Gasteiger partial charge in [0.05, 0.1) is 0 Å². The standard InChI is InChI=1S/C19H23N3O2/c1-11-18(12(2)24-22-11)21-19(23)15-5-3-4-14(8-15)16-9-17(16)20-10-13-6-7-13/h3-5,8,13,16-17,20H,6-7,9-10H2,1-2H3,(H,21,23). The second-order valence-corrected chi connectivity index (χ2v) is 7.08. The van der Waals surface area contributed by atoms with Crippen LogP contribution in [0.2, 0.25) is 0 Å². The summed E-state index contributed by atoms with van der Waals surface area (Å²) in [5, 5.41) is 10.4. The highest BCUT2D eigenvalue weighted by Gasteiger charge is 2.39. The number of hydrogen-bond donors (Lipinski definition) is 2. The third kappa shape index (κ3) is 3.22. The van der Waals surface area contributed by atoms with Crippen LogP contribution in [0.3, 0.4) is 0 Å². The fourth-order valence-electron chi connectivity index (χ4n) is 3.19. The van der Waals surface area contributed by atoms with E-state index in [1.54, 1.807) is 6.92 Å². The molecule has 0 saturated heterocycles. The molecule has 5 heteroatoms. The van der Waals surface area contributed by atoms with Crippen LogP contribution < -0.4 is 10.6 Å². The molecule has 2 aromatic rings. The fourth-order valence-corrected chi connectivity index (χ4v) is 3.19. The Bertz CT molecular complexity index is 744. The smallest absolute Gasteiger partial charge is 0.255 e. The van der Waals surface area contributed by atoms with Crippen LogP contribution >= 0.6 is 0 Å². The van der Waals surface area contributed by atoms with Gasteiger partial charge >= 0.3 is 0 Å². The molecule has 2 aliphatic rings. The molecule has 5 nitrogen and oxygen atoms in total. The lowest BCUT2D eigenvalue weighted by molar-refractivity contribution is 0.102. The van der Waals surface area contributed by atoms with E-state index in [-0.39, 0.29) is 5.91 Å². The average Bonchev–Trinajstić information content (AvgIpc) is 3.49. The van der Waals surface area contributed by atoms with Gasteiger partial charge in [0, 0.05) is 17.5 Å². The molecule has 0 spiro atoms. The zero-order valence-electron chi connectivity index (χ0n) is 14.1. The number of rotatable bonds is 6. The molecule has 1 aromatic carbocycles. The zero-order valence-corrected chi connectivity index (χ0v) is 14.1. The van der Waals surface area contributed by atoms with Gasteiger partial charge in [-0.05, 0) is 63.3 Å². The molecule has 0 radical (unpaired) electrons. The predicted octanol–water partition coefficient (Wildman–Crippen LogP) is 3.40. The van der Waals surface area contributed by atoms with E-state index in [0.717, 1.165) is 12.5 Å². The molecular weight excluding hydrogens is 302 g/mol. The first kappa shape index (κ1) is 15.4. The summed E-state index contributed by atoms with van der Waals surface area (Å²) < 4.78 is 5.10. The van der Waals surface area contributed by atoms with E-state index in [4.69, 9.17) is 4.52 Å². The number of nitrogens with one attached hydrogen (secondary N) is 2. The lowest BCUT2D eigenvalue weighted by atomic mass is 10.1. The summed E-state index contributed by atoms with van der Waals surface area (Å²) in [6.07, 6.45) is 3.92. The van der Waals surface area contributed by atoms with Crippen molar-refractivity contribution in [3.05, 3.63) is 46.8 Å². The van der Waals surface area contributed by atoms with Gasteiger partial charge < -0.3 is 15.2 Å². The SMILES string of the molecule is Cc1noc(C)c1NC(=O)c1cccc(C2CC2NCC2CC2)c1. The van der Waals surface area contributed by atoms with Gasteiger partial charge in [0.15, 0.2) is 5.76 Å². The lowest BCUT2D eigenvalue weighted by Gasteiger charge is -2.07. The number of carbonyl (C=O) groups excluding carboxylic acids is 1. The summed E-state index contributed by atoms with van der Waals surface area (Å²) in [7, 11) is 0. The van der Waals surface area contributed by atoms with Gasteiger partial charge in [-0.15, -0.1) is 0 Å². The molecule has 0 bridgehead atoms. The van der Waals surface area contributed by atoms with Crippen molar-refractivity contribution >= 4 is 11.6 Å². The van der Waals surface area contributed by atoms with Gasteiger partial charge in [-0.25, -0.2) is 0 Å². The minimum absolute atomic E-state index is 0.116. The van der Waals surface area contributed by atoms with E-state index in [1.807, 2.05) is 25.1 Å². The molecule has 2 unspecified atom stereocenters. The fraction of sp³-hybridized carbons (Fsp3) is 0.474. The van der Waals surface area contributed by atoms with Gasteiger partial charge in [0.2, 0.25) is 0 Å². The zero-order chi connectivity index (χ0) is 16.7. The maximum atomic E-state index is 12.5. The minimum atomic E-state index is -0.116. The highest BCUT2D eigenvalue weighted by atomic mass is 16.5. The normalized spacial score (nSPS) is 22.4. The van der Waals surface area contributed by atoms with Crippen LogP contribution in [0.1, 0.15) is 52.6 Å². The predicted molar refractivity (Wildman–Crippen MR) is 92.2 cm³/mol. The van der Waals surface area contributed by atoms with Crippen molar-refractivity contribution in [2.24, 2.45) is 5.92 Å². The number of aryl methyl sites for hydroxylation is 2. The Morgan fingerprint density at radius 1 is 1.33 bits per heavy atom. The van der Waals surface area contributed by atoms with Crippen LogP contribution in [-0.4, -0.2) is 23.7 Å². The number of amides is 1. The summed E-state index contributed by atoms with van der Waals surface area (Å²) >= 11 is 0. The van der Waals surface area contributed by atoms with Gasteiger partial charge in [0.1, 0.15) is 11.4 Å². The van der Waals surface area contributed by atoms with Crippen molar-refractivity contribution in [2.45, 2.75) is 45.1 Å². The Kier molecular flexibility index (Phi) is 3.88. The monoisotopic (exact) mass is 325 g/mol. The molecule has 2 saturated carbocycles. The molecule has 2 aliphatic carbocycles. The molecule has 1 heterocycles. The summed E-state index contributed by atoms with van der Waals surface area (Å²) in [6, 6.07) is 8.53. The lowest BCUT2D eigenvalue weighted by Crippen LogP contribution is -2.20. The summed E-state index contributed by atoms with van der Waals surface area (Å²) in [5.74, 6) is 1.95. The topological polar surface area (TPSA) is 67.2 Å². The summed E-state index contributed by atoms with van der Waals surface area (Å²) in [4.78, 5) is 12.5. The van der Waals surface area contributed by atoms with Gasteiger partial charge in [0.25, 0.3) is 5.91 Å². The number of hydrogen-bond acceptors (Lipinski definition) is 4. The Labute approximate surface area is 141 Å². The third-order valence-corrected chi connectivity index (χ3v) is 5.00. The largest absolute Gasteiger partial charge is 0.359 e. The maximum Gasteiger partial charge on any atom is 0.255 e. The molecule has 2 N–H and O–H groups in total. The van der Waals surface area contributed by atoms with Crippen LogP contribution in [0.4, 0.5) is 5.69 Å². The van der Waals surface area contributed by atoms with Crippen LogP contribution in [-0.2, 0) is 0 Å². The summed E-state index contributed by atoms with van der Waals surface area (Å²) in [5.41, 5.74) is 3.29. The second kappa shape index (κ2) is 6.06. The van der Waals surface area contributed by atoms with Gasteiger partial charge in [-0.1, -0.05) is 17.3 Å². The van der Waals surface area contributed by atoms with Crippen LogP contribution in [0, 0.1) is 19.8 Å². The molecular formula is C19H23N3O2. The number of nitrogens with zero attached hydrogens (tertiary/aromatic N) is 1. The van der Waals surface area contributed by atoms with Crippen LogP contribution in [0.25, 0.3) is 0 Å². The minimum Gasteiger partial charge on any atom is -0.359 e. The molecule has 2 fully saturated rings. The van der Waals surface area contributed by atoms with Crippen molar-refractivity contribution in [2.75, 3.05) is 11.9 Å². The third-order valence-electron chi connectivity index (χ3n) is 5.00. The maximum absolute atomic E-state index is 12.5. The van der Waals surface area contributed by atoms with Crippen molar-refractivity contribution in [1.29, 1.82) is 0 Å². The second-order valence-electron chi connectivity index (χ2n) is 7.08. The summed E-state index contributed by atoms with van der Waals surface area (Å²) in [6.45, 7) is 4.77.